The van der Waals surface area contributed by atoms with Crippen LogP contribution in [0.3, 0.4) is 0 Å². The Morgan fingerprint density at radius 3 is 2.48 bits per heavy atom. The fourth-order valence-electron chi connectivity index (χ4n) is 4.15. The van der Waals surface area contributed by atoms with Crippen LogP contribution in [0.25, 0.3) is 0 Å². The summed E-state index contributed by atoms with van der Waals surface area (Å²) in [5.41, 5.74) is 2.03. The molecule has 0 unspecified atom stereocenters. The summed E-state index contributed by atoms with van der Waals surface area (Å²) in [5.74, 6) is 2.42. The lowest BCUT2D eigenvalue weighted by Gasteiger charge is -2.26. The Balaban J connectivity index is 1.49. The Morgan fingerprint density at radius 1 is 1.14 bits per heavy atom. The molecule has 158 valence electrons. The van der Waals surface area contributed by atoms with Crippen LogP contribution in [0, 0.1) is 19.8 Å². The van der Waals surface area contributed by atoms with E-state index < -0.39 is 0 Å². The van der Waals surface area contributed by atoms with Gasteiger partial charge in [-0.05, 0) is 68.7 Å². The van der Waals surface area contributed by atoms with Crippen LogP contribution in [-0.4, -0.2) is 26.8 Å². The second-order valence-electron chi connectivity index (χ2n) is 8.29. The molecule has 0 aliphatic heterocycles. The first-order valence-corrected chi connectivity index (χ1v) is 11.8. The number of Topliss-reactive ketones (excluding diaryl/α,β-unsaturated/α-hetero) is 1. The van der Waals surface area contributed by atoms with E-state index in [2.05, 4.69) is 17.1 Å². The normalized spacial score (nSPS) is 19.4. The van der Waals surface area contributed by atoms with Crippen molar-refractivity contribution in [3.05, 3.63) is 34.7 Å². The zero-order valence-electron chi connectivity index (χ0n) is 17.7. The van der Waals surface area contributed by atoms with E-state index in [0.29, 0.717) is 27.8 Å². The molecule has 2 aromatic rings. The third-order valence-electron chi connectivity index (χ3n) is 5.97. The van der Waals surface area contributed by atoms with Gasteiger partial charge in [-0.3, -0.25) is 4.79 Å². The maximum atomic E-state index is 12.5. The van der Waals surface area contributed by atoms with Gasteiger partial charge in [0.15, 0.2) is 5.78 Å². The molecule has 0 atom stereocenters. The van der Waals surface area contributed by atoms with Crippen LogP contribution >= 0.6 is 11.8 Å². The third kappa shape index (κ3) is 5.84. The second-order valence-corrected chi connectivity index (χ2v) is 9.22. The molecule has 0 saturated heterocycles. The van der Waals surface area contributed by atoms with Crippen molar-refractivity contribution in [2.45, 2.75) is 83.3 Å². The molecule has 6 heteroatoms. The largest absolute Gasteiger partial charge is 0.507 e. The molecule has 29 heavy (non-hydrogen) atoms. The summed E-state index contributed by atoms with van der Waals surface area (Å²) in [4.78, 5) is 12.5. The molecule has 0 spiro atoms. The molecule has 1 aromatic carbocycles. The van der Waals surface area contributed by atoms with Crippen molar-refractivity contribution < 1.29 is 14.3 Å². The maximum Gasteiger partial charge on any atom is 0.277 e. The van der Waals surface area contributed by atoms with E-state index in [4.69, 9.17) is 4.42 Å². The van der Waals surface area contributed by atoms with Gasteiger partial charge in [-0.2, -0.15) is 0 Å². The fourth-order valence-corrected chi connectivity index (χ4v) is 4.82. The lowest BCUT2D eigenvalue weighted by molar-refractivity contribution is 0.102. The third-order valence-corrected chi connectivity index (χ3v) is 6.79. The number of hydrogen-bond donors (Lipinski definition) is 1. The number of aryl methyl sites for hydroxylation is 2. The summed E-state index contributed by atoms with van der Waals surface area (Å²) in [7, 11) is 0. The predicted octanol–water partition coefficient (Wildman–Crippen LogP) is 6.22. The SMILES string of the molecule is CCCCCC1CCC(c2nnc(SCC(=O)c3cc(C)c(O)c(C)c3)o2)CC1. The summed E-state index contributed by atoms with van der Waals surface area (Å²) in [6.45, 7) is 5.85. The summed E-state index contributed by atoms with van der Waals surface area (Å²) >= 11 is 1.29. The molecule has 0 amide bonds. The predicted molar refractivity (Wildman–Crippen MR) is 116 cm³/mol. The highest BCUT2D eigenvalue weighted by Gasteiger charge is 2.26. The number of thioether (sulfide) groups is 1. The Kier molecular flexibility index (Phi) is 7.76. The van der Waals surface area contributed by atoms with Gasteiger partial charge in [-0.25, -0.2) is 0 Å². The summed E-state index contributed by atoms with van der Waals surface area (Å²) < 4.78 is 5.86. The number of phenols is 1. The van der Waals surface area contributed by atoms with Crippen molar-refractivity contribution in [3.8, 4) is 5.75 Å². The number of ketones is 1. The second kappa shape index (κ2) is 10.3. The van der Waals surface area contributed by atoms with E-state index in [1.54, 1.807) is 26.0 Å². The molecule has 1 fully saturated rings. The number of benzene rings is 1. The minimum atomic E-state index is -0.00598. The lowest BCUT2D eigenvalue weighted by Crippen LogP contribution is -2.13. The van der Waals surface area contributed by atoms with Gasteiger partial charge in [-0.15, -0.1) is 10.2 Å². The van der Waals surface area contributed by atoms with E-state index in [9.17, 15) is 9.90 Å². The molecule has 1 heterocycles. The Morgan fingerprint density at radius 2 is 1.83 bits per heavy atom. The van der Waals surface area contributed by atoms with Gasteiger partial charge in [0.25, 0.3) is 5.22 Å². The number of rotatable bonds is 9. The monoisotopic (exact) mass is 416 g/mol. The maximum absolute atomic E-state index is 12.5. The van der Waals surface area contributed by atoms with Crippen LogP contribution in [0.15, 0.2) is 21.8 Å². The minimum absolute atomic E-state index is 0.00598. The van der Waals surface area contributed by atoms with E-state index >= 15 is 0 Å². The van der Waals surface area contributed by atoms with Crippen LogP contribution in [0.4, 0.5) is 0 Å². The van der Waals surface area contributed by atoms with Crippen LogP contribution < -0.4 is 0 Å². The smallest absolute Gasteiger partial charge is 0.277 e. The minimum Gasteiger partial charge on any atom is -0.507 e. The van der Waals surface area contributed by atoms with E-state index in [1.165, 1.54) is 50.3 Å². The molecule has 1 N–H and O–H groups in total. The van der Waals surface area contributed by atoms with E-state index in [-0.39, 0.29) is 17.3 Å². The molecular weight excluding hydrogens is 384 g/mol. The van der Waals surface area contributed by atoms with Crippen LogP contribution in [-0.2, 0) is 0 Å². The van der Waals surface area contributed by atoms with Crippen LogP contribution in [0.1, 0.15) is 91.6 Å². The van der Waals surface area contributed by atoms with Crippen LogP contribution in [0.5, 0.6) is 5.75 Å². The Hall–Kier alpha value is -1.82. The molecule has 1 aromatic heterocycles. The Bertz CT molecular complexity index is 802. The van der Waals surface area contributed by atoms with Gasteiger partial charge >= 0.3 is 0 Å². The van der Waals surface area contributed by atoms with Gasteiger partial charge in [0.1, 0.15) is 5.75 Å². The summed E-state index contributed by atoms with van der Waals surface area (Å²) in [6.07, 6.45) is 10.1. The van der Waals surface area contributed by atoms with Gasteiger partial charge in [0.05, 0.1) is 5.75 Å². The van der Waals surface area contributed by atoms with Gasteiger partial charge in [0.2, 0.25) is 5.89 Å². The number of carbonyl (C=O) groups is 1. The number of aromatic hydroxyl groups is 1. The fraction of sp³-hybridized carbons (Fsp3) is 0.609. The average Bonchev–Trinajstić information content (AvgIpc) is 3.19. The van der Waals surface area contributed by atoms with Gasteiger partial charge < -0.3 is 9.52 Å². The van der Waals surface area contributed by atoms with Crippen molar-refractivity contribution in [1.29, 1.82) is 0 Å². The molecule has 1 aliphatic rings. The van der Waals surface area contributed by atoms with E-state index in [0.717, 1.165) is 24.7 Å². The number of hydrogen-bond acceptors (Lipinski definition) is 6. The van der Waals surface area contributed by atoms with Crippen molar-refractivity contribution >= 4 is 17.5 Å². The molecule has 1 saturated carbocycles. The highest BCUT2D eigenvalue weighted by Crippen LogP contribution is 2.38. The van der Waals surface area contributed by atoms with Crippen molar-refractivity contribution in [3.63, 3.8) is 0 Å². The molecule has 0 radical (unpaired) electrons. The highest BCUT2D eigenvalue weighted by molar-refractivity contribution is 7.99. The van der Waals surface area contributed by atoms with Crippen molar-refractivity contribution in [2.24, 2.45) is 5.92 Å². The zero-order chi connectivity index (χ0) is 20.8. The van der Waals surface area contributed by atoms with Gasteiger partial charge in [-0.1, -0.05) is 44.4 Å². The van der Waals surface area contributed by atoms with Crippen molar-refractivity contribution in [1.82, 2.24) is 10.2 Å². The first-order chi connectivity index (χ1) is 14.0. The molecular formula is C23H32N2O3S. The quantitative estimate of drug-likeness (QED) is 0.297. The highest BCUT2D eigenvalue weighted by atomic mass is 32.2. The first-order valence-electron chi connectivity index (χ1n) is 10.8. The zero-order valence-corrected chi connectivity index (χ0v) is 18.6. The average molecular weight is 417 g/mol. The number of unbranched alkanes of at least 4 members (excludes halogenated alkanes) is 2. The van der Waals surface area contributed by atoms with Gasteiger partial charge in [0, 0.05) is 11.5 Å². The first kappa shape index (κ1) is 21.9. The number of carbonyl (C=O) groups excluding carboxylic acids is 1. The number of aromatic nitrogens is 2. The van der Waals surface area contributed by atoms with Crippen molar-refractivity contribution in [2.75, 3.05) is 5.75 Å². The lowest BCUT2D eigenvalue weighted by atomic mass is 9.80. The number of nitrogens with zero attached hydrogens (tertiary/aromatic N) is 2. The Labute approximate surface area is 177 Å². The summed E-state index contributed by atoms with van der Waals surface area (Å²) in [6, 6.07) is 3.45. The summed E-state index contributed by atoms with van der Waals surface area (Å²) in [5, 5.41) is 18.7. The molecule has 0 bridgehead atoms. The standard InChI is InChI=1S/C23H32N2O3S/c1-4-5-6-7-17-8-10-18(11-9-17)22-24-25-23(28-22)29-14-20(26)19-12-15(2)21(27)16(3)13-19/h12-13,17-18,27H,4-11,14H2,1-3H3. The van der Waals surface area contributed by atoms with Crippen LogP contribution in [0.2, 0.25) is 0 Å². The topological polar surface area (TPSA) is 76.2 Å². The molecule has 1 aliphatic carbocycles. The van der Waals surface area contributed by atoms with E-state index in [1.807, 2.05) is 0 Å². The number of phenolic OH excluding ortho intramolecular Hbond substituents is 1. The molecule has 3 rings (SSSR count). The molecule has 5 nitrogen and oxygen atoms in total.